The van der Waals surface area contributed by atoms with E-state index in [2.05, 4.69) is 0 Å². The molecule has 0 saturated carbocycles. The van der Waals surface area contributed by atoms with Gasteiger partial charge in [0.05, 0.1) is 23.7 Å². The van der Waals surface area contributed by atoms with Crippen LogP contribution >= 0.6 is 11.6 Å². The van der Waals surface area contributed by atoms with E-state index >= 15 is 0 Å². The van der Waals surface area contributed by atoms with Gasteiger partial charge in [-0.05, 0) is 38.0 Å². The highest BCUT2D eigenvalue weighted by molar-refractivity contribution is 6.34. The zero-order valence-electron chi connectivity index (χ0n) is 20.2. The van der Waals surface area contributed by atoms with E-state index in [0.29, 0.717) is 52.4 Å². The van der Waals surface area contributed by atoms with Crippen molar-refractivity contribution in [3.8, 4) is 5.75 Å². The molecule has 1 aliphatic heterocycles. The molecule has 0 saturated heterocycles. The number of Topliss-reactive ketones (excluding diaryl/α,β-unsaturated/α-hetero) is 1. The molecule has 2 N–H and O–H groups in total. The lowest BCUT2D eigenvalue weighted by Crippen LogP contribution is -2.42. The molecule has 0 fully saturated rings. The number of aryl methyl sites for hydroxylation is 1. The van der Waals surface area contributed by atoms with Crippen LogP contribution in [0.1, 0.15) is 41.9 Å². The summed E-state index contributed by atoms with van der Waals surface area (Å²) < 4.78 is 5.69. The Bertz CT molecular complexity index is 1420. The summed E-state index contributed by atoms with van der Waals surface area (Å²) in [5, 5.41) is 21.6. The highest BCUT2D eigenvalue weighted by Crippen LogP contribution is 2.50. The monoisotopic (exact) mass is 498 g/mol. The number of nitrogens with zero attached hydrogens (tertiary/aromatic N) is 1. The van der Waals surface area contributed by atoms with Crippen molar-refractivity contribution in [2.24, 2.45) is 0 Å². The van der Waals surface area contributed by atoms with Crippen LogP contribution in [0.2, 0.25) is 5.02 Å². The van der Waals surface area contributed by atoms with E-state index in [4.69, 9.17) is 16.3 Å². The number of carbonyl (C=O) groups is 1. The summed E-state index contributed by atoms with van der Waals surface area (Å²) in [6.45, 7) is 1.98. The molecule has 3 aromatic rings. The van der Waals surface area contributed by atoms with E-state index in [1.165, 1.54) is 0 Å². The molecule has 5 rings (SSSR count). The number of nitrogens with one attached hydrogen (secondary N) is 1. The predicted octanol–water partition coefficient (Wildman–Crippen LogP) is 7.21. The number of carbonyl (C=O) groups excluding carboxylic acids is 1. The van der Waals surface area contributed by atoms with E-state index in [-0.39, 0.29) is 17.4 Å². The minimum atomic E-state index is -0.656. The SMILES string of the molecule is COc1ccccc1C1C2=C(CCCC2=O)N(c2ccccc2Cl)C(=N)/C1=C(/O)c1ccc(C)cc1. The topological polar surface area (TPSA) is 73.6 Å². The first-order valence-corrected chi connectivity index (χ1v) is 12.3. The van der Waals surface area contributed by atoms with Gasteiger partial charge in [-0.25, -0.2) is 0 Å². The standard InChI is InChI=1S/C30H27ClN2O3/c1-18-14-16-19(17-15-18)29(35)28-26(20-8-3-6-13-25(20)36-2)27-23(11-7-12-24(27)34)33(30(28)32)22-10-5-4-9-21(22)31/h3-6,8-10,13-17,26,32,35H,7,11-12H2,1-2H3/b29-28+,32-30?. The Labute approximate surface area is 215 Å². The van der Waals surface area contributed by atoms with Crippen LogP contribution in [0.5, 0.6) is 5.75 Å². The molecule has 0 amide bonds. The largest absolute Gasteiger partial charge is 0.507 e. The smallest absolute Gasteiger partial charge is 0.161 e. The Kier molecular flexibility index (Phi) is 6.42. The number of aliphatic hydroxyl groups is 1. The van der Waals surface area contributed by atoms with Crippen molar-refractivity contribution in [1.29, 1.82) is 5.41 Å². The highest BCUT2D eigenvalue weighted by atomic mass is 35.5. The van der Waals surface area contributed by atoms with Gasteiger partial charge in [-0.2, -0.15) is 0 Å². The van der Waals surface area contributed by atoms with Gasteiger partial charge in [0.25, 0.3) is 0 Å². The average Bonchev–Trinajstić information content (AvgIpc) is 2.89. The molecule has 2 aliphatic rings. The molecule has 0 aromatic heterocycles. The maximum atomic E-state index is 13.6. The first kappa shape index (κ1) is 23.9. The number of hydrogen-bond donors (Lipinski definition) is 2. The number of aliphatic hydroxyl groups excluding tert-OH is 1. The maximum absolute atomic E-state index is 13.6. The van der Waals surface area contributed by atoms with E-state index < -0.39 is 5.92 Å². The third-order valence-electron chi connectivity index (χ3n) is 6.88. The van der Waals surface area contributed by atoms with Crippen LogP contribution in [0.3, 0.4) is 0 Å². The van der Waals surface area contributed by atoms with Gasteiger partial charge in [0.15, 0.2) is 5.78 Å². The van der Waals surface area contributed by atoms with E-state index in [1.54, 1.807) is 18.1 Å². The van der Waals surface area contributed by atoms with E-state index in [0.717, 1.165) is 16.8 Å². The third kappa shape index (κ3) is 3.99. The van der Waals surface area contributed by atoms with Gasteiger partial charge in [-0.1, -0.05) is 71.8 Å². The summed E-state index contributed by atoms with van der Waals surface area (Å²) in [7, 11) is 1.59. The van der Waals surface area contributed by atoms with Gasteiger partial charge in [-0.15, -0.1) is 0 Å². The number of anilines is 1. The molecular weight excluding hydrogens is 472 g/mol. The van der Waals surface area contributed by atoms with Crippen molar-refractivity contribution in [2.75, 3.05) is 12.0 Å². The van der Waals surface area contributed by atoms with E-state index in [1.807, 2.05) is 73.7 Å². The summed E-state index contributed by atoms with van der Waals surface area (Å²) in [5.41, 5.74) is 4.65. The second-order valence-corrected chi connectivity index (χ2v) is 9.48. The molecule has 1 atom stereocenters. The van der Waals surface area contributed by atoms with Crippen LogP contribution in [-0.4, -0.2) is 23.8 Å². The van der Waals surface area contributed by atoms with Gasteiger partial charge < -0.3 is 9.84 Å². The normalized spacial score (nSPS) is 19.3. The van der Waals surface area contributed by atoms with Crippen LogP contribution in [-0.2, 0) is 4.79 Å². The van der Waals surface area contributed by atoms with Crippen LogP contribution in [0.25, 0.3) is 5.76 Å². The lowest BCUT2D eigenvalue weighted by atomic mass is 9.73. The average molecular weight is 499 g/mol. The Hall–Kier alpha value is -3.83. The second-order valence-electron chi connectivity index (χ2n) is 9.08. The minimum absolute atomic E-state index is 0.00548. The quantitative estimate of drug-likeness (QED) is 0.372. The Morgan fingerprint density at radius 1 is 1.03 bits per heavy atom. The zero-order valence-corrected chi connectivity index (χ0v) is 21.0. The lowest BCUT2D eigenvalue weighted by Gasteiger charge is -2.42. The molecule has 1 unspecified atom stereocenters. The lowest BCUT2D eigenvalue weighted by molar-refractivity contribution is -0.116. The predicted molar refractivity (Wildman–Crippen MR) is 144 cm³/mol. The van der Waals surface area contributed by atoms with Crippen molar-refractivity contribution in [3.63, 3.8) is 0 Å². The number of hydrogen-bond acceptors (Lipinski definition) is 4. The summed E-state index contributed by atoms with van der Waals surface area (Å²) >= 11 is 6.61. The Morgan fingerprint density at radius 2 is 1.72 bits per heavy atom. The van der Waals surface area contributed by atoms with Crippen molar-refractivity contribution < 1.29 is 14.6 Å². The fourth-order valence-electron chi connectivity index (χ4n) is 5.17. The van der Waals surface area contributed by atoms with Crippen molar-refractivity contribution >= 4 is 34.7 Å². The fourth-order valence-corrected chi connectivity index (χ4v) is 5.39. The highest BCUT2D eigenvalue weighted by Gasteiger charge is 2.44. The maximum Gasteiger partial charge on any atom is 0.161 e. The van der Waals surface area contributed by atoms with E-state index in [9.17, 15) is 15.3 Å². The molecule has 6 heteroatoms. The summed E-state index contributed by atoms with van der Waals surface area (Å²) in [5.74, 6) is -0.00764. The molecule has 1 aliphatic carbocycles. The van der Waals surface area contributed by atoms with Crippen molar-refractivity contribution in [2.45, 2.75) is 32.1 Å². The second kappa shape index (κ2) is 9.67. The first-order valence-electron chi connectivity index (χ1n) is 11.9. The first-order chi connectivity index (χ1) is 17.4. The minimum Gasteiger partial charge on any atom is -0.507 e. The van der Waals surface area contributed by atoms with Gasteiger partial charge in [0.1, 0.15) is 17.3 Å². The van der Waals surface area contributed by atoms with Crippen LogP contribution in [0.15, 0.2) is 89.6 Å². The fraction of sp³-hybridized carbons (Fsp3) is 0.200. The molecule has 3 aromatic carbocycles. The van der Waals surface area contributed by atoms with Crippen molar-refractivity contribution in [3.05, 3.63) is 111 Å². The zero-order chi connectivity index (χ0) is 25.4. The van der Waals surface area contributed by atoms with Gasteiger partial charge in [0, 0.05) is 34.4 Å². The van der Waals surface area contributed by atoms with Gasteiger partial charge >= 0.3 is 0 Å². The van der Waals surface area contributed by atoms with Gasteiger partial charge in [0.2, 0.25) is 0 Å². The number of ketones is 1. The Morgan fingerprint density at radius 3 is 2.44 bits per heavy atom. The number of amidine groups is 1. The number of benzene rings is 3. The van der Waals surface area contributed by atoms with Crippen LogP contribution in [0.4, 0.5) is 5.69 Å². The van der Waals surface area contributed by atoms with Crippen LogP contribution in [0, 0.1) is 12.3 Å². The third-order valence-corrected chi connectivity index (χ3v) is 7.20. The van der Waals surface area contributed by atoms with Crippen LogP contribution < -0.4 is 9.64 Å². The summed E-state index contributed by atoms with van der Waals surface area (Å²) in [6.07, 6.45) is 1.72. The number of para-hydroxylation sites is 2. The molecule has 36 heavy (non-hydrogen) atoms. The Balaban J connectivity index is 1.87. The number of ether oxygens (including phenoxy) is 1. The molecule has 182 valence electrons. The molecule has 0 spiro atoms. The number of rotatable bonds is 4. The molecule has 0 radical (unpaired) electrons. The number of allylic oxidation sites excluding steroid dienone is 2. The molecule has 5 nitrogen and oxygen atoms in total. The molecular formula is C30H27ClN2O3. The van der Waals surface area contributed by atoms with Gasteiger partial charge in [-0.3, -0.25) is 15.1 Å². The summed E-state index contributed by atoms with van der Waals surface area (Å²) in [4.78, 5) is 15.3. The summed E-state index contributed by atoms with van der Waals surface area (Å²) in [6, 6.07) is 22.3. The molecule has 1 heterocycles. The number of methoxy groups -OCH3 is 1. The number of halogens is 1. The van der Waals surface area contributed by atoms with Crippen molar-refractivity contribution in [1.82, 2.24) is 0 Å². The molecule has 0 bridgehead atoms.